The van der Waals surface area contributed by atoms with Gasteiger partial charge < -0.3 is 16.2 Å². The van der Waals surface area contributed by atoms with Gasteiger partial charge in [0.15, 0.2) is 0 Å². The normalized spacial score (nSPS) is 11.8. The molecular weight excluding hydrogens is 214 g/mol. The molecule has 0 saturated carbocycles. The highest BCUT2D eigenvalue weighted by Crippen LogP contribution is 1.91. The van der Waals surface area contributed by atoms with Crippen molar-refractivity contribution in [1.29, 1.82) is 0 Å². The van der Waals surface area contributed by atoms with E-state index in [2.05, 4.69) is 5.32 Å². The van der Waals surface area contributed by atoms with E-state index in [9.17, 15) is 14.4 Å². The van der Waals surface area contributed by atoms with Crippen molar-refractivity contribution >= 4 is 17.7 Å². The Balaban J connectivity index is 4.38. The molecule has 7 nitrogen and oxygen atoms in total. The molecule has 7 heteroatoms. The Bertz CT molecular complexity index is 278. The number of imide groups is 1. The molecule has 0 aromatic heterocycles. The van der Waals surface area contributed by atoms with Crippen LogP contribution in [0.1, 0.15) is 13.8 Å². The van der Waals surface area contributed by atoms with Gasteiger partial charge in [-0.2, -0.15) is 0 Å². The van der Waals surface area contributed by atoms with Crippen LogP contribution < -0.4 is 11.1 Å². The van der Waals surface area contributed by atoms with E-state index in [-0.39, 0.29) is 19.6 Å². The van der Waals surface area contributed by atoms with Crippen molar-refractivity contribution < 1.29 is 19.5 Å². The van der Waals surface area contributed by atoms with Crippen molar-refractivity contribution in [3.05, 3.63) is 0 Å². The molecule has 0 rings (SSSR count). The number of carbonyl (C=O) groups is 3. The predicted molar refractivity (Wildman–Crippen MR) is 56.1 cm³/mol. The Morgan fingerprint density at radius 3 is 2.38 bits per heavy atom. The fourth-order valence-corrected chi connectivity index (χ4v) is 0.970. The Morgan fingerprint density at radius 1 is 1.44 bits per heavy atom. The third-order valence-electron chi connectivity index (χ3n) is 1.73. The Morgan fingerprint density at radius 2 is 2.00 bits per heavy atom. The van der Waals surface area contributed by atoms with Gasteiger partial charge in [0, 0.05) is 26.6 Å². The van der Waals surface area contributed by atoms with Crippen LogP contribution in [-0.2, 0) is 14.4 Å². The second kappa shape index (κ2) is 6.91. The maximum Gasteiger partial charge on any atom is 0.318 e. The minimum atomic E-state index is -0.960. The van der Waals surface area contributed by atoms with E-state index < -0.39 is 23.8 Å². The number of nitrogens with one attached hydrogen (secondary N) is 1. The van der Waals surface area contributed by atoms with Crippen LogP contribution in [-0.4, -0.2) is 53.5 Å². The fraction of sp³-hybridized carbons (Fsp3) is 0.667. The van der Waals surface area contributed by atoms with Crippen molar-refractivity contribution in [2.24, 2.45) is 5.73 Å². The Kier molecular flexibility index (Phi) is 6.28. The lowest BCUT2D eigenvalue weighted by atomic mass is 10.3. The lowest BCUT2D eigenvalue weighted by molar-refractivity contribution is -0.151. The molecule has 0 aromatic carbocycles. The molecule has 4 N–H and O–H groups in total. The highest BCUT2D eigenvalue weighted by atomic mass is 16.3. The second-order valence-corrected chi connectivity index (χ2v) is 3.32. The van der Waals surface area contributed by atoms with Crippen LogP contribution in [0.2, 0.25) is 0 Å². The second-order valence-electron chi connectivity index (χ2n) is 3.32. The van der Waals surface area contributed by atoms with E-state index >= 15 is 0 Å². The first-order valence-electron chi connectivity index (χ1n) is 4.88. The maximum absolute atomic E-state index is 11.4. The molecule has 0 aliphatic heterocycles. The third kappa shape index (κ3) is 4.85. The Hall–Kier alpha value is -1.47. The average Bonchev–Trinajstić information content (AvgIpc) is 2.20. The minimum Gasteiger partial charge on any atom is -0.392 e. The van der Waals surface area contributed by atoms with Gasteiger partial charge in [-0.3, -0.25) is 19.3 Å². The zero-order chi connectivity index (χ0) is 12.7. The van der Waals surface area contributed by atoms with E-state index in [1.54, 1.807) is 0 Å². The maximum atomic E-state index is 11.4. The first-order valence-corrected chi connectivity index (χ1v) is 4.88. The van der Waals surface area contributed by atoms with Gasteiger partial charge in [-0.05, 0) is 6.92 Å². The summed E-state index contributed by atoms with van der Waals surface area (Å²) in [5, 5.41) is 11.1. The van der Waals surface area contributed by atoms with Crippen LogP contribution in [0.15, 0.2) is 0 Å². The van der Waals surface area contributed by atoms with Crippen molar-refractivity contribution in [3.8, 4) is 0 Å². The van der Waals surface area contributed by atoms with E-state index in [1.165, 1.54) is 13.8 Å². The molecule has 0 bridgehead atoms. The summed E-state index contributed by atoms with van der Waals surface area (Å²) in [4.78, 5) is 34.5. The van der Waals surface area contributed by atoms with E-state index in [0.717, 1.165) is 4.90 Å². The van der Waals surface area contributed by atoms with Crippen LogP contribution in [0.3, 0.4) is 0 Å². The van der Waals surface area contributed by atoms with Gasteiger partial charge in [-0.15, -0.1) is 0 Å². The van der Waals surface area contributed by atoms with Gasteiger partial charge in [0.2, 0.25) is 5.91 Å². The molecule has 0 fully saturated rings. The van der Waals surface area contributed by atoms with E-state index in [0.29, 0.717) is 0 Å². The molecule has 16 heavy (non-hydrogen) atoms. The smallest absolute Gasteiger partial charge is 0.318 e. The highest BCUT2D eigenvalue weighted by molar-refractivity contribution is 6.37. The van der Waals surface area contributed by atoms with Gasteiger partial charge in [-0.25, -0.2) is 0 Å². The summed E-state index contributed by atoms with van der Waals surface area (Å²) < 4.78 is 0. The van der Waals surface area contributed by atoms with Gasteiger partial charge in [-0.1, -0.05) is 0 Å². The molecule has 0 aliphatic carbocycles. The summed E-state index contributed by atoms with van der Waals surface area (Å²) in [6.45, 7) is 2.69. The predicted octanol–water partition coefficient (Wildman–Crippen LogP) is -2.18. The van der Waals surface area contributed by atoms with Crippen LogP contribution in [0.4, 0.5) is 0 Å². The standard InChI is InChI=1S/C9H17N3O4/c1-6(13)5-11-8(15)9(16)12(4-3-10)7(2)14/h6,13H,3-5,10H2,1-2H3,(H,11,15). The SMILES string of the molecule is CC(=O)N(CCN)C(=O)C(=O)NCC(C)O. The molecule has 0 radical (unpaired) electrons. The van der Waals surface area contributed by atoms with Crippen molar-refractivity contribution in [3.63, 3.8) is 0 Å². The van der Waals surface area contributed by atoms with Gasteiger partial charge >= 0.3 is 11.8 Å². The first-order chi connectivity index (χ1) is 7.40. The number of nitrogens with two attached hydrogens (primary N) is 1. The number of hydrogen-bond acceptors (Lipinski definition) is 5. The van der Waals surface area contributed by atoms with Gasteiger partial charge in [0.25, 0.3) is 0 Å². The minimum absolute atomic E-state index is 0.00371. The summed E-state index contributed by atoms with van der Waals surface area (Å²) in [6.07, 6.45) is -0.753. The number of hydrogen-bond donors (Lipinski definition) is 3. The quantitative estimate of drug-likeness (QED) is 0.476. The van der Waals surface area contributed by atoms with Crippen LogP contribution in [0, 0.1) is 0 Å². The lowest BCUT2D eigenvalue weighted by Crippen LogP contribution is -2.48. The van der Waals surface area contributed by atoms with Crippen LogP contribution in [0.25, 0.3) is 0 Å². The zero-order valence-corrected chi connectivity index (χ0v) is 9.40. The topological polar surface area (TPSA) is 113 Å². The van der Waals surface area contributed by atoms with Crippen molar-refractivity contribution in [1.82, 2.24) is 10.2 Å². The van der Waals surface area contributed by atoms with Crippen molar-refractivity contribution in [2.75, 3.05) is 19.6 Å². The number of amides is 3. The fourth-order valence-electron chi connectivity index (χ4n) is 0.970. The highest BCUT2D eigenvalue weighted by Gasteiger charge is 2.24. The third-order valence-corrected chi connectivity index (χ3v) is 1.73. The average molecular weight is 231 g/mol. The van der Waals surface area contributed by atoms with Gasteiger partial charge in [0.05, 0.1) is 6.10 Å². The summed E-state index contributed by atoms with van der Waals surface area (Å²) in [6, 6.07) is 0. The van der Waals surface area contributed by atoms with Gasteiger partial charge in [0.1, 0.15) is 0 Å². The summed E-state index contributed by atoms with van der Waals surface area (Å²) in [5.41, 5.74) is 5.21. The van der Waals surface area contributed by atoms with Crippen molar-refractivity contribution in [2.45, 2.75) is 20.0 Å². The molecular formula is C9H17N3O4. The van der Waals surface area contributed by atoms with E-state index in [1.807, 2.05) is 0 Å². The Labute approximate surface area is 93.6 Å². The molecule has 0 saturated heterocycles. The molecule has 0 aromatic rings. The monoisotopic (exact) mass is 231 g/mol. The van der Waals surface area contributed by atoms with Crippen LogP contribution in [0.5, 0.6) is 0 Å². The molecule has 3 amide bonds. The molecule has 1 unspecified atom stereocenters. The number of aliphatic hydroxyl groups excluding tert-OH is 1. The van der Waals surface area contributed by atoms with Crippen LogP contribution >= 0.6 is 0 Å². The number of aliphatic hydroxyl groups is 1. The number of rotatable bonds is 4. The molecule has 0 aliphatic rings. The lowest BCUT2D eigenvalue weighted by Gasteiger charge is -2.17. The summed E-state index contributed by atoms with van der Waals surface area (Å²) in [5.74, 6) is -2.43. The molecule has 0 heterocycles. The largest absolute Gasteiger partial charge is 0.392 e. The number of carbonyl (C=O) groups excluding carboxylic acids is 3. The first kappa shape index (κ1) is 14.5. The summed E-state index contributed by atoms with van der Waals surface area (Å²) in [7, 11) is 0. The molecule has 0 spiro atoms. The zero-order valence-electron chi connectivity index (χ0n) is 9.40. The van der Waals surface area contributed by atoms with E-state index in [4.69, 9.17) is 10.8 Å². The summed E-state index contributed by atoms with van der Waals surface area (Å²) >= 11 is 0. The molecule has 1 atom stereocenters. The molecule has 92 valence electrons. The number of nitrogens with zero attached hydrogens (tertiary/aromatic N) is 1.